The summed E-state index contributed by atoms with van der Waals surface area (Å²) >= 11 is 5.96. The molecule has 0 aromatic heterocycles. The summed E-state index contributed by atoms with van der Waals surface area (Å²) in [7, 11) is 0. The van der Waals surface area contributed by atoms with Crippen LogP contribution >= 0.6 is 11.6 Å². The molecule has 0 radical (unpaired) electrons. The molecule has 0 heterocycles. The maximum absolute atomic E-state index is 9.65. The molecule has 1 atom stereocenters. The van der Waals surface area contributed by atoms with E-state index in [1.165, 1.54) is 6.07 Å². The van der Waals surface area contributed by atoms with E-state index in [0.717, 1.165) is 24.8 Å². The van der Waals surface area contributed by atoms with Crippen molar-refractivity contribution >= 4 is 11.6 Å². The fourth-order valence-electron chi connectivity index (χ4n) is 1.98. The molecule has 0 saturated carbocycles. The first-order chi connectivity index (χ1) is 6.61. The Kier molecular flexibility index (Phi) is 2.29. The second-order valence-electron chi connectivity index (χ2n) is 3.62. The van der Waals surface area contributed by atoms with Crippen LogP contribution in [0.1, 0.15) is 30.0 Å². The Balaban J connectivity index is 2.67. The minimum Gasteiger partial charge on any atom is -0.504 e. The van der Waals surface area contributed by atoms with E-state index in [0.29, 0.717) is 10.6 Å². The molecule has 0 saturated heterocycles. The average Bonchev–Trinajstić information content (AvgIpc) is 2.14. The summed E-state index contributed by atoms with van der Waals surface area (Å²) in [5, 5.41) is 19.5. The van der Waals surface area contributed by atoms with E-state index >= 15 is 0 Å². The third-order valence-electron chi connectivity index (χ3n) is 2.69. The molecule has 1 unspecified atom stereocenters. The van der Waals surface area contributed by atoms with Crippen molar-refractivity contribution in [2.24, 2.45) is 5.73 Å². The van der Waals surface area contributed by atoms with Crippen LogP contribution in [0.2, 0.25) is 5.02 Å². The smallest absolute Gasteiger partial charge is 0.162 e. The lowest BCUT2D eigenvalue weighted by Gasteiger charge is -2.24. The minimum atomic E-state index is -0.219. The van der Waals surface area contributed by atoms with Crippen LogP contribution in [0.5, 0.6) is 11.5 Å². The minimum absolute atomic E-state index is 0.114. The summed E-state index contributed by atoms with van der Waals surface area (Å²) in [5.41, 5.74) is 7.34. The van der Waals surface area contributed by atoms with Gasteiger partial charge >= 0.3 is 0 Å². The number of aromatic hydroxyl groups is 2. The maximum Gasteiger partial charge on any atom is 0.162 e. The lowest BCUT2D eigenvalue weighted by molar-refractivity contribution is 0.389. The molecule has 0 bridgehead atoms. The third kappa shape index (κ3) is 1.33. The molecular formula is C10H12ClNO2. The predicted molar refractivity (Wildman–Crippen MR) is 54.6 cm³/mol. The van der Waals surface area contributed by atoms with Crippen LogP contribution in [0.15, 0.2) is 6.07 Å². The van der Waals surface area contributed by atoms with E-state index < -0.39 is 0 Å². The van der Waals surface area contributed by atoms with Gasteiger partial charge in [0.2, 0.25) is 0 Å². The molecule has 2 rings (SSSR count). The summed E-state index contributed by atoms with van der Waals surface area (Å²) in [6, 6.07) is 1.15. The van der Waals surface area contributed by atoms with E-state index in [9.17, 15) is 10.2 Å². The Labute approximate surface area is 87.1 Å². The van der Waals surface area contributed by atoms with Crippen LogP contribution in [0.25, 0.3) is 0 Å². The Morgan fingerprint density at radius 2 is 2.14 bits per heavy atom. The highest BCUT2D eigenvalue weighted by Crippen LogP contribution is 2.43. The monoisotopic (exact) mass is 213 g/mol. The Bertz CT molecular complexity index is 379. The summed E-state index contributed by atoms with van der Waals surface area (Å²) in [5.74, 6) is -0.303. The second kappa shape index (κ2) is 3.33. The number of nitrogens with two attached hydrogens (primary N) is 1. The van der Waals surface area contributed by atoms with E-state index in [4.69, 9.17) is 17.3 Å². The van der Waals surface area contributed by atoms with Crippen LogP contribution < -0.4 is 5.73 Å². The van der Waals surface area contributed by atoms with Crippen LogP contribution in [0.4, 0.5) is 0 Å². The standard InChI is InChI=1S/C10H12ClNO2/c11-6-4-8(13)10(14)9-5(6)2-1-3-7(9)12/h4,7,13-14H,1-3,12H2. The summed E-state index contributed by atoms with van der Waals surface area (Å²) < 4.78 is 0. The van der Waals surface area contributed by atoms with Crippen molar-refractivity contribution < 1.29 is 10.2 Å². The van der Waals surface area contributed by atoms with Crippen molar-refractivity contribution in [2.75, 3.05) is 0 Å². The number of benzene rings is 1. The van der Waals surface area contributed by atoms with Gasteiger partial charge in [-0.1, -0.05) is 11.6 Å². The highest BCUT2D eigenvalue weighted by molar-refractivity contribution is 6.31. The molecule has 1 aromatic rings. The number of phenols is 2. The lowest BCUT2D eigenvalue weighted by Crippen LogP contribution is -2.17. The molecular weight excluding hydrogens is 202 g/mol. The van der Waals surface area contributed by atoms with Gasteiger partial charge in [0.05, 0.1) is 0 Å². The Morgan fingerprint density at radius 3 is 2.86 bits per heavy atom. The number of rotatable bonds is 0. The number of hydrogen-bond acceptors (Lipinski definition) is 3. The first-order valence-corrected chi connectivity index (χ1v) is 4.98. The van der Waals surface area contributed by atoms with Gasteiger partial charge in [-0.05, 0) is 24.8 Å². The van der Waals surface area contributed by atoms with Crippen LogP contribution in [0, 0.1) is 0 Å². The molecule has 0 aliphatic heterocycles. The third-order valence-corrected chi connectivity index (χ3v) is 3.02. The highest BCUT2D eigenvalue weighted by atomic mass is 35.5. The number of hydrogen-bond donors (Lipinski definition) is 3. The molecule has 1 aliphatic rings. The van der Waals surface area contributed by atoms with Crippen LogP contribution in [0.3, 0.4) is 0 Å². The highest BCUT2D eigenvalue weighted by Gasteiger charge is 2.24. The van der Waals surface area contributed by atoms with Gasteiger partial charge in [0.15, 0.2) is 11.5 Å². The van der Waals surface area contributed by atoms with Crippen molar-refractivity contribution in [3.8, 4) is 11.5 Å². The van der Waals surface area contributed by atoms with Crippen molar-refractivity contribution in [1.29, 1.82) is 0 Å². The van der Waals surface area contributed by atoms with E-state index in [-0.39, 0.29) is 17.5 Å². The predicted octanol–water partition coefficient (Wildman–Crippen LogP) is 2.09. The molecule has 76 valence electrons. The zero-order chi connectivity index (χ0) is 10.3. The number of halogens is 1. The molecule has 4 heteroatoms. The summed E-state index contributed by atoms with van der Waals surface area (Å²) in [6.07, 6.45) is 2.61. The van der Waals surface area contributed by atoms with E-state index in [2.05, 4.69) is 0 Å². The van der Waals surface area contributed by atoms with Gasteiger partial charge in [-0.3, -0.25) is 0 Å². The lowest BCUT2D eigenvalue weighted by atomic mass is 9.87. The summed E-state index contributed by atoms with van der Waals surface area (Å²) in [6.45, 7) is 0. The van der Waals surface area contributed by atoms with E-state index in [1.807, 2.05) is 0 Å². The Hall–Kier alpha value is -0.930. The first-order valence-electron chi connectivity index (χ1n) is 4.60. The van der Waals surface area contributed by atoms with Gasteiger partial charge in [0.1, 0.15) is 0 Å². The van der Waals surface area contributed by atoms with Crippen molar-refractivity contribution in [1.82, 2.24) is 0 Å². The molecule has 0 fully saturated rings. The number of fused-ring (bicyclic) bond motifs is 1. The van der Waals surface area contributed by atoms with Crippen molar-refractivity contribution in [2.45, 2.75) is 25.3 Å². The van der Waals surface area contributed by atoms with Gasteiger partial charge in [0.25, 0.3) is 0 Å². The SMILES string of the molecule is NC1CCCc2c(Cl)cc(O)c(O)c21. The van der Waals surface area contributed by atoms with Gasteiger partial charge in [-0.25, -0.2) is 0 Å². The van der Waals surface area contributed by atoms with Gasteiger partial charge < -0.3 is 15.9 Å². The van der Waals surface area contributed by atoms with Gasteiger partial charge in [-0.2, -0.15) is 0 Å². The molecule has 1 aliphatic carbocycles. The topological polar surface area (TPSA) is 66.5 Å². The number of phenolic OH excluding ortho intramolecular Hbond substituents is 2. The fraction of sp³-hybridized carbons (Fsp3) is 0.400. The molecule has 4 N–H and O–H groups in total. The molecule has 1 aromatic carbocycles. The second-order valence-corrected chi connectivity index (χ2v) is 4.02. The molecule has 0 spiro atoms. The average molecular weight is 214 g/mol. The van der Waals surface area contributed by atoms with Gasteiger partial charge in [0, 0.05) is 22.7 Å². The quantitative estimate of drug-likeness (QED) is 0.578. The van der Waals surface area contributed by atoms with E-state index in [1.54, 1.807) is 0 Å². The first kappa shape index (κ1) is 9.62. The maximum atomic E-state index is 9.65. The van der Waals surface area contributed by atoms with Crippen molar-refractivity contribution in [3.63, 3.8) is 0 Å². The van der Waals surface area contributed by atoms with Crippen molar-refractivity contribution in [3.05, 3.63) is 22.2 Å². The molecule has 14 heavy (non-hydrogen) atoms. The zero-order valence-corrected chi connectivity index (χ0v) is 8.38. The fourth-order valence-corrected chi connectivity index (χ4v) is 2.28. The molecule has 3 nitrogen and oxygen atoms in total. The van der Waals surface area contributed by atoms with Gasteiger partial charge in [-0.15, -0.1) is 0 Å². The normalized spacial score (nSPS) is 20.6. The molecule has 0 amide bonds. The van der Waals surface area contributed by atoms with Crippen LogP contribution in [-0.2, 0) is 6.42 Å². The zero-order valence-electron chi connectivity index (χ0n) is 7.63. The largest absolute Gasteiger partial charge is 0.504 e. The van der Waals surface area contributed by atoms with Crippen LogP contribution in [-0.4, -0.2) is 10.2 Å². The summed E-state index contributed by atoms with van der Waals surface area (Å²) in [4.78, 5) is 0. The Morgan fingerprint density at radius 1 is 1.43 bits per heavy atom.